The van der Waals surface area contributed by atoms with Gasteiger partial charge in [0.1, 0.15) is 0 Å². The van der Waals surface area contributed by atoms with Gasteiger partial charge in [0.25, 0.3) is 0 Å². The standard InChI is InChI=1S/C12H14.CH4O/c1-4-5-6-12-8-7-10(2)9-11(12)3;1-2/h4-9H,1H2,2-3H3;2H,1H3/b6-5-;. The van der Waals surface area contributed by atoms with Gasteiger partial charge < -0.3 is 5.11 Å². The predicted octanol–water partition coefficient (Wildman–Crippen LogP) is 3.11. The minimum atomic E-state index is 1.00. The summed E-state index contributed by atoms with van der Waals surface area (Å²) in [4.78, 5) is 0. The molecule has 0 heterocycles. The quantitative estimate of drug-likeness (QED) is 0.710. The second kappa shape index (κ2) is 7.10. The molecule has 1 heteroatoms. The van der Waals surface area contributed by atoms with Gasteiger partial charge in [0.15, 0.2) is 0 Å². The second-order valence-corrected chi connectivity index (χ2v) is 2.95. The van der Waals surface area contributed by atoms with E-state index < -0.39 is 0 Å². The van der Waals surface area contributed by atoms with E-state index in [2.05, 4.69) is 44.7 Å². The third-order valence-electron chi connectivity index (χ3n) is 1.84. The Kier molecular flexibility index (Phi) is 6.42. The summed E-state index contributed by atoms with van der Waals surface area (Å²) in [6.07, 6.45) is 5.82. The molecule has 1 N–H and O–H groups in total. The zero-order chi connectivity index (χ0) is 11.0. The summed E-state index contributed by atoms with van der Waals surface area (Å²) in [6.45, 7) is 7.86. The van der Waals surface area contributed by atoms with E-state index in [1.165, 1.54) is 16.7 Å². The average Bonchev–Trinajstić information content (AvgIpc) is 2.20. The van der Waals surface area contributed by atoms with Crippen molar-refractivity contribution in [1.29, 1.82) is 0 Å². The molecule has 0 aliphatic rings. The van der Waals surface area contributed by atoms with Crippen molar-refractivity contribution in [2.45, 2.75) is 13.8 Å². The van der Waals surface area contributed by atoms with E-state index in [0.29, 0.717) is 0 Å². The van der Waals surface area contributed by atoms with Gasteiger partial charge in [-0.1, -0.05) is 48.6 Å². The molecule has 14 heavy (non-hydrogen) atoms. The Morgan fingerprint density at radius 2 is 1.86 bits per heavy atom. The van der Waals surface area contributed by atoms with Crippen LogP contribution in [0, 0.1) is 13.8 Å². The molecule has 0 aliphatic heterocycles. The molecule has 0 amide bonds. The third kappa shape index (κ3) is 4.06. The van der Waals surface area contributed by atoms with Gasteiger partial charge in [-0.3, -0.25) is 0 Å². The summed E-state index contributed by atoms with van der Waals surface area (Å²) in [7, 11) is 1.00. The Bertz CT molecular complexity index is 311. The molecule has 0 fully saturated rings. The molecule has 0 atom stereocenters. The molecular weight excluding hydrogens is 172 g/mol. The zero-order valence-corrected chi connectivity index (χ0v) is 9.12. The van der Waals surface area contributed by atoms with Gasteiger partial charge in [0.05, 0.1) is 0 Å². The molecule has 0 bridgehead atoms. The summed E-state index contributed by atoms with van der Waals surface area (Å²) in [5.41, 5.74) is 3.89. The molecule has 0 saturated heterocycles. The number of hydrogen-bond donors (Lipinski definition) is 1. The van der Waals surface area contributed by atoms with Gasteiger partial charge in [-0.25, -0.2) is 0 Å². The number of hydrogen-bond acceptors (Lipinski definition) is 1. The number of benzene rings is 1. The van der Waals surface area contributed by atoms with Crippen LogP contribution in [0.4, 0.5) is 0 Å². The first kappa shape index (κ1) is 12.7. The van der Waals surface area contributed by atoms with Crippen molar-refractivity contribution in [2.75, 3.05) is 7.11 Å². The summed E-state index contributed by atoms with van der Waals surface area (Å²) in [5, 5.41) is 7.00. The third-order valence-corrected chi connectivity index (χ3v) is 1.84. The monoisotopic (exact) mass is 190 g/mol. The first-order chi connectivity index (χ1) is 6.74. The normalized spacial score (nSPS) is 9.43. The fraction of sp³-hybridized carbons (Fsp3) is 0.231. The van der Waals surface area contributed by atoms with E-state index in [0.717, 1.165) is 7.11 Å². The molecule has 0 saturated carbocycles. The van der Waals surface area contributed by atoms with Crippen LogP contribution in [0.15, 0.2) is 36.9 Å². The minimum absolute atomic E-state index is 1.00. The van der Waals surface area contributed by atoms with Crippen LogP contribution >= 0.6 is 0 Å². The Labute approximate surface area is 86.4 Å². The van der Waals surface area contributed by atoms with Crippen molar-refractivity contribution in [3.8, 4) is 0 Å². The maximum absolute atomic E-state index is 7.00. The molecule has 1 aromatic carbocycles. The number of aryl methyl sites for hydroxylation is 2. The van der Waals surface area contributed by atoms with Crippen LogP contribution in [0.5, 0.6) is 0 Å². The van der Waals surface area contributed by atoms with Crippen LogP contribution in [0.1, 0.15) is 16.7 Å². The van der Waals surface area contributed by atoms with E-state index in [-0.39, 0.29) is 0 Å². The Balaban J connectivity index is 0.000000791. The summed E-state index contributed by atoms with van der Waals surface area (Å²) < 4.78 is 0. The van der Waals surface area contributed by atoms with Crippen molar-refractivity contribution in [1.82, 2.24) is 0 Å². The van der Waals surface area contributed by atoms with Crippen molar-refractivity contribution in [3.05, 3.63) is 53.6 Å². The summed E-state index contributed by atoms with van der Waals surface area (Å²) >= 11 is 0. The highest BCUT2D eigenvalue weighted by Crippen LogP contribution is 2.11. The van der Waals surface area contributed by atoms with Crippen molar-refractivity contribution >= 4 is 6.08 Å². The van der Waals surface area contributed by atoms with Gasteiger partial charge in [-0.2, -0.15) is 0 Å². The lowest BCUT2D eigenvalue weighted by atomic mass is 10.1. The molecule has 0 aromatic heterocycles. The average molecular weight is 190 g/mol. The molecule has 0 spiro atoms. The molecule has 0 radical (unpaired) electrons. The van der Waals surface area contributed by atoms with Gasteiger partial charge in [0, 0.05) is 7.11 Å². The van der Waals surface area contributed by atoms with Gasteiger partial charge in [-0.05, 0) is 25.0 Å². The zero-order valence-electron chi connectivity index (χ0n) is 9.12. The Morgan fingerprint density at radius 1 is 1.21 bits per heavy atom. The van der Waals surface area contributed by atoms with E-state index in [4.69, 9.17) is 5.11 Å². The van der Waals surface area contributed by atoms with Crippen LogP contribution in [-0.2, 0) is 0 Å². The topological polar surface area (TPSA) is 20.2 Å². The molecule has 1 rings (SSSR count). The summed E-state index contributed by atoms with van der Waals surface area (Å²) in [5.74, 6) is 0. The summed E-state index contributed by atoms with van der Waals surface area (Å²) in [6, 6.07) is 6.43. The molecule has 76 valence electrons. The minimum Gasteiger partial charge on any atom is -0.400 e. The van der Waals surface area contributed by atoms with Crippen molar-refractivity contribution < 1.29 is 5.11 Å². The Morgan fingerprint density at radius 3 is 2.36 bits per heavy atom. The van der Waals surface area contributed by atoms with Crippen LogP contribution < -0.4 is 0 Å². The van der Waals surface area contributed by atoms with E-state index in [9.17, 15) is 0 Å². The van der Waals surface area contributed by atoms with Crippen molar-refractivity contribution in [2.24, 2.45) is 0 Å². The van der Waals surface area contributed by atoms with Crippen molar-refractivity contribution in [3.63, 3.8) is 0 Å². The van der Waals surface area contributed by atoms with E-state index in [1.54, 1.807) is 6.08 Å². The first-order valence-electron chi connectivity index (χ1n) is 4.55. The molecule has 0 aliphatic carbocycles. The lowest BCUT2D eigenvalue weighted by Crippen LogP contribution is -1.81. The number of aliphatic hydroxyl groups is 1. The fourth-order valence-electron chi connectivity index (χ4n) is 1.18. The molecular formula is C13H18O. The van der Waals surface area contributed by atoms with E-state index >= 15 is 0 Å². The van der Waals surface area contributed by atoms with Gasteiger partial charge in [0.2, 0.25) is 0 Å². The lowest BCUT2D eigenvalue weighted by molar-refractivity contribution is 0.399. The second-order valence-electron chi connectivity index (χ2n) is 2.95. The fourth-order valence-corrected chi connectivity index (χ4v) is 1.18. The largest absolute Gasteiger partial charge is 0.400 e. The van der Waals surface area contributed by atoms with Crippen LogP contribution in [0.2, 0.25) is 0 Å². The molecule has 1 nitrogen and oxygen atoms in total. The maximum Gasteiger partial charge on any atom is 0.0319 e. The lowest BCUT2D eigenvalue weighted by Gasteiger charge is -2.00. The Hall–Kier alpha value is -1.34. The van der Waals surface area contributed by atoms with Crippen LogP contribution in [-0.4, -0.2) is 12.2 Å². The maximum atomic E-state index is 7.00. The molecule has 1 aromatic rings. The van der Waals surface area contributed by atoms with E-state index in [1.807, 2.05) is 6.08 Å². The van der Waals surface area contributed by atoms with Crippen LogP contribution in [0.25, 0.3) is 6.08 Å². The smallest absolute Gasteiger partial charge is 0.0319 e. The number of rotatable bonds is 2. The van der Waals surface area contributed by atoms with Gasteiger partial charge in [-0.15, -0.1) is 0 Å². The van der Waals surface area contributed by atoms with Crippen LogP contribution in [0.3, 0.4) is 0 Å². The number of allylic oxidation sites excluding steroid dienone is 2. The highest BCUT2D eigenvalue weighted by atomic mass is 16.2. The molecule has 0 unspecified atom stereocenters. The number of aliphatic hydroxyl groups excluding tert-OH is 1. The highest BCUT2D eigenvalue weighted by Gasteiger charge is 1.92. The highest BCUT2D eigenvalue weighted by molar-refractivity contribution is 5.55. The predicted molar refractivity (Wildman–Crippen MR) is 63.3 cm³/mol. The SMILES string of the molecule is C=C/C=C\c1ccc(C)cc1C.CO. The first-order valence-corrected chi connectivity index (χ1v) is 4.55. The van der Waals surface area contributed by atoms with Gasteiger partial charge >= 0.3 is 0 Å².